The Bertz CT molecular complexity index is 408. The lowest BCUT2D eigenvalue weighted by Crippen LogP contribution is -2.28. The molecule has 0 fully saturated rings. The molecule has 0 spiro atoms. The first-order chi connectivity index (χ1) is 7.82. The van der Waals surface area contributed by atoms with Gasteiger partial charge in [-0.15, -0.1) is 0 Å². The lowest BCUT2D eigenvalue weighted by Gasteiger charge is -2.20. The van der Waals surface area contributed by atoms with Gasteiger partial charge in [0.25, 0.3) is 0 Å². The van der Waals surface area contributed by atoms with E-state index in [9.17, 15) is 9.59 Å². The van der Waals surface area contributed by atoms with E-state index in [2.05, 4.69) is 4.98 Å². The Labute approximate surface area is 99.4 Å². The first-order valence-electron chi connectivity index (χ1n) is 5.17. The van der Waals surface area contributed by atoms with Crippen LogP contribution in [0.3, 0.4) is 0 Å². The van der Waals surface area contributed by atoms with Crippen LogP contribution in [0.4, 0.5) is 0 Å². The maximum absolute atomic E-state index is 11.6. The first-order valence-corrected chi connectivity index (χ1v) is 5.17. The van der Waals surface area contributed by atoms with Crippen LogP contribution in [-0.2, 0) is 14.3 Å². The third-order valence-corrected chi connectivity index (χ3v) is 2.02. The standard InChI is InChI=1S/C12H15NO4/c1-12(2,3)11(16)17-9(10(14)15)8-6-4-5-7-13-8/h4-7,9H,1-3H3,(H,14,15). The van der Waals surface area contributed by atoms with Gasteiger partial charge >= 0.3 is 11.9 Å². The summed E-state index contributed by atoms with van der Waals surface area (Å²) >= 11 is 0. The number of hydrogen-bond acceptors (Lipinski definition) is 4. The predicted octanol–water partition coefficient (Wildman–Crippen LogP) is 1.80. The van der Waals surface area contributed by atoms with E-state index < -0.39 is 23.5 Å². The van der Waals surface area contributed by atoms with Crippen molar-refractivity contribution in [3.05, 3.63) is 30.1 Å². The molecule has 1 aromatic heterocycles. The largest absolute Gasteiger partial charge is 0.478 e. The summed E-state index contributed by atoms with van der Waals surface area (Å²) in [5, 5.41) is 9.02. The number of carbonyl (C=O) groups excluding carboxylic acids is 1. The van der Waals surface area contributed by atoms with E-state index >= 15 is 0 Å². The quantitative estimate of drug-likeness (QED) is 0.811. The second-order valence-corrected chi connectivity index (χ2v) is 4.63. The number of aliphatic carboxylic acids is 1. The second-order valence-electron chi connectivity index (χ2n) is 4.63. The highest BCUT2D eigenvalue weighted by Gasteiger charge is 2.31. The highest BCUT2D eigenvalue weighted by molar-refractivity contribution is 5.81. The minimum Gasteiger partial charge on any atom is -0.478 e. The zero-order chi connectivity index (χ0) is 13.1. The van der Waals surface area contributed by atoms with Gasteiger partial charge in [-0.3, -0.25) is 9.78 Å². The van der Waals surface area contributed by atoms with Gasteiger partial charge in [0, 0.05) is 6.20 Å². The molecule has 5 heteroatoms. The van der Waals surface area contributed by atoms with Gasteiger partial charge in [0.05, 0.1) is 11.1 Å². The Balaban J connectivity index is 2.90. The fraction of sp³-hybridized carbons (Fsp3) is 0.417. The second kappa shape index (κ2) is 4.95. The van der Waals surface area contributed by atoms with Crippen LogP contribution in [-0.4, -0.2) is 22.0 Å². The molecule has 0 aromatic carbocycles. The molecule has 17 heavy (non-hydrogen) atoms. The fourth-order valence-corrected chi connectivity index (χ4v) is 1.05. The van der Waals surface area contributed by atoms with Gasteiger partial charge in [-0.2, -0.15) is 0 Å². The molecule has 5 nitrogen and oxygen atoms in total. The van der Waals surface area contributed by atoms with Gasteiger partial charge in [0.1, 0.15) is 0 Å². The molecule has 0 amide bonds. The van der Waals surface area contributed by atoms with Gasteiger partial charge in [0.2, 0.25) is 6.10 Å². The van der Waals surface area contributed by atoms with Crippen LogP contribution in [0.2, 0.25) is 0 Å². The number of carboxylic acid groups (broad SMARTS) is 1. The molecule has 0 bridgehead atoms. The van der Waals surface area contributed by atoms with Crippen molar-refractivity contribution < 1.29 is 19.4 Å². The van der Waals surface area contributed by atoms with Crippen molar-refractivity contribution in [3.63, 3.8) is 0 Å². The van der Waals surface area contributed by atoms with Crippen molar-refractivity contribution in [2.45, 2.75) is 26.9 Å². The lowest BCUT2D eigenvalue weighted by molar-refractivity contribution is -0.170. The zero-order valence-corrected chi connectivity index (χ0v) is 10.0. The Morgan fingerprint density at radius 1 is 1.35 bits per heavy atom. The van der Waals surface area contributed by atoms with E-state index in [4.69, 9.17) is 9.84 Å². The van der Waals surface area contributed by atoms with E-state index in [0.717, 1.165) is 0 Å². The third-order valence-electron chi connectivity index (χ3n) is 2.02. The van der Waals surface area contributed by atoms with E-state index in [1.165, 1.54) is 12.3 Å². The molecular formula is C12H15NO4. The van der Waals surface area contributed by atoms with Crippen LogP contribution in [0.25, 0.3) is 0 Å². The molecule has 0 radical (unpaired) electrons. The highest BCUT2D eigenvalue weighted by atomic mass is 16.6. The minimum atomic E-state index is -1.36. The Hall–Kier alpha value is -1.91. The average molecular weight is 237 g/mol. The van der Waals surface area contributed by atoms with Crippen molar-refractivity contribution in [2.75, 3.05) is 0 Å². The number of aromatic nitrogens is 1. The molecule has 1 N–H and O–H groups in total. The molecule has 1 rings (SSSR count). The molecule has 1 unspecified atom stereocenters. The molecule has 1 heterocycles. The summed E-state index contributed by atoms with van der Waals surface area (Å²) in [7, 11) is 0. The van der Waals surface area contributed by atoms with Crippen LogP contribution in [0.15, 0.2) is 24.4 Å². The Morgan fingerprint density at radius 2 is 2.00 bits per heavy atom. The molecule has 1 aromatic rings. The van der Waals surface area contributed by atoms with Gasteiger partial charge < -0.3 is 9.84 Å². The molecule has 0 aliphatic heterocycles. The number of ether oxygens (including phenoxy) is 1. The van der Waals surface area contributed by atoms with E-state index in [0.29, 0.717) is 0 Å². The maximum atomic E-state index is 11.6. The van der Waals surface area contributed by atoms with Gasteiger partial charge in [-0.05, 0) is 32.9 Å². The van der Waals surface area contributed by atoms with Crippen LogP contribution >= 0.6 is 0 Å². The number of pyridine rings is 1. The molecule has 1 atom stereocenters. The summed E-state index contributed by atoms with van der Waals surface area (Å²) in [6, 6.07) is 4.81. The van der Waals surface area contributed by atoms with Gasteiger partial charge in [-0.1, -0.05) is 6.07 Å². The van der Waals surface area contributed by atoms with Gasteiger partial charge in [0.15, 0.2) is 0 Å². The maximum Gasteiger partial charge on any atom is 0.351 e. The molecule has 92 valence electrons. The SMILES string of the molecule is CC(C)(C)C(=O)OC(C(=O)O)c1ccccn1. The number of hydrogen-bond donors (Lipinski definition) is 1. The number of carbonyl (C=O) groups is 2. The lowest BCUT2D eigenvalue weighted by atomic mass is 9.97. The normalized spacial score (nSPS) is 12.9. The summed E-state index contributed by atoms with van der Waals surface area (Å²) in [6.45, 7) is 4.98. The Morgan fingerprint density at radius 3 is 2.41 bits per heavy atom. The molecule has 0 aliphatic rings. The van der Waals surface area contributed by atoms with E-state index in [-0.39, 0.29) is 5.69 Å². The topological polar surface area (TPSA) is 76.5 Å². The van der Waals surface area contributed by atoms with Crippen LogP contribution in [0.1, 0.15) is 32.6 Å². The molecule has 0 aliphatic carbocycles. The molecule has 0 saturated carbocycles. The van der Waals surface area contributed by atoms with Crippen molar-refractivity contribution >= 4 is 11.9 Å². The minimum absolute atomic E-state index is 0.206. The summed E-state index contributed by atoms with van der Waals surface area (Å²) in [5.41, 5.74) is -0.541. The first kappa shape index (κ1) is 13.2. The zero-order valence-electron chi connectivity index (χ0n) is 10.0. The van der Waals surface area contributed by atoms with Crippen molar-refractivity contribution in [2.24, 2.45) is 5.41 Å². The van der Waals surface area contributed by atoms with E-state index in [1.807, 2.05) is 0 Å². The number of rotatable bonds is 3. The Kier molecular flexibility index (Phi) is 3.83. The monoisotopic (exact) mass is 237 g/mol. The van der Waals surface area contributed by atoms with Crippen LogP contribution in [0.5, 0.6) is 0 Å². The van der Waals surface area contributed by atoms with Crippen molar-refractivity contribution in [1.29, 1.82) is 0 Å². The fourth-order valence-electron chi connectivity index (χ4n) is 1.05. The highest BCUT2D eigenvalue weighted by Crippen LogP contribution is 2.22. The summed E-state index contributed by atoms with van der Waals surface area (Å²) < 4.78 is 4.96. The summed E-state index contributed by atoms with van der Waals surface area (Å²) in [6.07, 6.45) is 0.0962. The van der Waals surface area contributed by atoms with Gasteiger partial charge in [-0.25, -0.2) is 4.79 Å². The smallest absolute Gasteiger partial charge is 0.351 e. The average Bonchev–Trinajstić information content (AvgIpc) is 2.25. The van der Waals surface area contributed by atoms with E-state index in [1.54, 1.807) is 32.9 Å². The summed E-state index contributed by atoms with van der Waals surface area (Å²) in [5.74, 6) is -1.81. The van der Waals surface area contributed by atoms with Crippen LogP contribution < -0.4 is 0 Å². The third kappa shape index (κ3) is 3.55. The molecule has 0 saturated heterocycles. The van der Waals surface area contributed by atoms with Crippen LogP contribution in [0, 0.1) is 5.41 Å². The number of nitrogens with zero attached hydrogens (tertiary/aromatic N) is 1. The number of esters is 1. The van der Waals surface area contributed by atoms with Crippen molar-refractivity contribution in [3.8, 4) is 0 Å². The molecular weight excluding hydrogens is 222 g/mol. The summed E-state index contributed by atoms with van der Waals surface area (Å²) in [4.78, 5) is 26.6. The number of carboxylic acids is 1. The predicted molar refractivity (Wildman–Crippen MR) is 60.2 cm³/mol. The van der Waals surface area contributed by atoms with Crippen molar-refractivity contribution in [1.82, 2.24) is 4.98 Å².